The third-order valence-electron chi connectivity index (χ3n) is 4.71. The summed E-state index contributed by atoms with van der Waals surface area (Å²) in [6, 6.07) is 3.42. The van der Waals surface area contributed by atoms with Crippen LogP contribution in [0.4, 0.5) is 0 Å². The molecule has 0 saturated carbocycles. The third kappa shape index (κ3) is 5.04. The Morgan fingerprint density at radius 1 is 0.759 bits per heavy atom. The molecule has 9 heteroatoms. The first-order valence-corrected chi connectivity index (χ1v) is 8.96. The molecule has 0 amide bonds. The quantitative estimate of drug-likeness (QED) is 0.491. The molecule has 2 heterocycles. The average Bonchev–Trinajstić information content (AvgIpc) is 2.72. The molecule has 29 heavy (non-hydrogen) atoms. The zero-order chi connectivity index (χ0) is 21.7. The van der Waals surface area contributed by atoms with Gasteiger partial charge in [-0.2, -0.15) is 0 Å². The SMILES string of the molecule is COC(=O)C(C)(C)c1cncc(OBOc2cncc(C(C)(C)C(=O)OC)c2)c1. The number of pyridine rings is 2. The Morgan fingerprint density at radius 2 is 1.14 bits per heavy atom. The standard InChI is InChI=1S/C20H25BN2O6/c1-19(2,17(24)26-5)13-7-15(11-22-9-13)28-21-29-16-8-14(10-23-12-16)20(3,4)18(25)27-6/h7-12,21H,1-6H3. The number of hydrogen-bond donors (Lipinski definition) is 0. The monoisotopic (exact) mass is 400 g/mol. The molecule has 0 fully saturated rings. The summed E-state index contributed by atoms with van der Waals surface area (Å²) in [5, 5.41) is 0. The zero-order valence-corrected chi connectivity index (χ0v) is 17.5. The van der Waals surface area contributed by atoms with Crippen molar-refractivity contribution in [2.45, 2.75) is 38.5 Å². The molecule has 0 aliphatic carbocycles. The highest BCUT2D eigenvalue weighted by atomic mass is 16.6. The second kappa shape index (κ2) is 8.94. The Kier molecular flexibility index (Phi) is 6.84. The van der Waals surface area contributed by atoms with E-state index in [4.69, 9.17) is 18.8 Å². The molecular weight excluding hydrogens is 375 g/mol. The van der Waals surface area contributed by atoms with E-state index in [1.807, 2.05) is 0 Å². The number of methoxy groups -OCH3 is 2. The Morgan fingerprint density at radius 3 is 1.48 bits per heavy atom. The van der Waals surface area contributed by atoms with E-state index in [1.54, 1.807) is 52.2 Å². The smallest absolute Gasteiger partial charge is 0.527 e. The van der Waals surface area contributed by atoms with E-state index >= 15 is 0 Å². The maximum absolute atomic E-state index is 12.0. The lowest BCUT2D eigenvalue weighted by Crippen LogP contribution is -2.30. The minimum absolute atomic E-state index is 0.104. The van der Waals surface area contributed by atoms with Gasteiger partial charge in [0.25, 0.3) is 0 Å². The molecule has 0 N–H and O–H groups in total. The summed E-state index contributed by atoms with van der Waals surface area (Å²) in [5.41, 5.74) is -0.407. The predicted molar refractivity (Wildman–Crippen MR) is 107 cm³/mol. The van der Waals surface area contributed by atoms with Crippen molar-refractivity contribution < 1.29 is 28.4 Å². The van der Waals surface area contributed by atoms with Crippen molar-refractivity contribution in [1.29, 1.82) is 0 Å². The summed E-state index contributed by atoms with van der Waals surface area (Å²) in [6.07, 6.45) is 6.23. The largest absolute Gasteiger partial charge is 0.576 e. The van der Waals surface area contributed by atoms with Crippen LogP contribution in [0.15, 0.2) is 36.9 Å². The lowest BCUT2D eigenvalue weighted by Gasteiger charge is -2.22. The molecule has 0 aliphatic heterocycles. The Bertz CT molecular complexity index is 813. The minimum Gasteiger partial charge on any atom is -0.527 e. The van der Waals surface area contributed by atoms with E-state index in [1.165, 1.54) is 26.6 Å². The molecule has 0 spiro atoms. The number of ether oxygens (including phenoxy) is 2. The maximum Gasteiger partial charge on any atom is 0.576 e. The van der Waals surface area contributed by atoms with Crippen molar-refractivity contribution in [3.8, 4) is 11.5 Å². The number of aromatic nitrogens is 2. The van der Waals surface area contributed by atoms with Crippen LogP contribution >= 0.6 is 0 Å². The second-order valence-corrected chi connectivity index (χ2v) is 7.46. The van der Waals surface area contributed by atoms with Gasteiger partial charge in [0.1, 0.15) is 11.5 Å². The molecular formula is C20H25BN2O6. The van der Waals surface area contributed by atoms with E-state index in [0.29, 0.717) is 22.6 Å². The van der Waals surface area contributed by atoms with Crippen LogP contribution in [0, 0.1) is 0 Å². The number of nitrogens with zero attached hydrogens (tertiary/aromatic N) is 2. The molecule has 0 saturated heterocycles. The molecule has 0 unspecified atom stereocenters. The van der Waals surface area contributed by atoms with Gasteiger partial charge in [0.15, 0.2) is 0 Å². The van der Waals surface area contributed by atoms with Crippen LogP contribution in [-0.4, -0.2) is 43.8 Å². The van der Waals surface area contributed by atoms with Gasteiger partial charge in [-0.25, -0.2) is 0 Å². The van der Waals surface area contributed by atoms with Crippen LogP contribution in [0.2, 0.25) is 0 Å². The van der Waals surface area contributed by atoms with Gasteiger partial charge < -0.3 is 18.8 Å². The molecule has 0 aliphatic rings. The van der Waals surface area contributed by atoms with E-state index in [2.05, 4.69) is 9.97 Å². The highest BCUT2D eigenvalue weighted by Crippen LogP contribution is 2.28. The fourth-order valence-corrected chi connectivity index (χ4v) is 2.59. The minimum atomic E-state index is -0.861. The van der Waals surface area contributed by atoms with E-state index in [0.717, 1.165) is 0 Å². The van der Waals surface area contributed by atoms with Crippen molar-refractivity contribution in [3.63, 3.8) is 0 Å². The molecule has 0 bridgehead atoms. The first-order chi connectivity index (χ1) is 13.6. The average molecular weight is 400 g/mol. The summed E-state index contributed by atoms with van der Waals surface area (Å²) < 4.78 is 20.9. The normalized spacial score (nSPS) is 11.4. The second-order valence-electron chi connectivity index (χ2n) is 7.46. The highest BCUT2D eigenvalue weighted by molar-refractivity contribution is 6.20. The van der Waals surface area contributed by atoms with Gasteiger partial charge in [0.2, 0.25) is 0 Å². The molecule has 0 radical (unpaired) electrons. The number of esters is 2. The summed E-state index contributed by atoms with van der Waals surface area (Å²) in [5.74, 6) is 0.143. The van der Waals surface area contributed by atoms with Crippen LogP contribution < -0.4 is 9.31 Å². The van der Waals surface area contributed by atoms with Crippen molar-refractivity contribution in [3.05, 3.63) is 48.0 Å². The molecule has 2 rings (SSSR count). The molecule has 0 aromatic carbocycles. The van der Waals surface area contributed by atoms with Gasteiger partial charge in [-0.1, -0.05) is 0 Å². The van der Waals surface area contributed by atoms with Crippen molar-refractivity contribution in [2.75, 3.05) is 14.2 Å². The summed E-state index contributed by atoms with van der Waals surface area (Å²) in [7, 11) is 2.58. The maximum atomic E-state index is 12.0. The number of rotatable bonds is 8. The predicted octanol–water partition coefficient (Wildman–Crippen LogP) is 2.10. The van der Waals surface area contributed by atoms with Gasteiger partial charge in [0, 0.05) is 12.4 Å². The number of carbonyl (C=O) groups is 2. The highest BCUT2D eigenvalue weighted by Gasteiger charge is 2.32. The lowest BCUT2D eigenvalue weighted by molar-refractivity contribution is -0.147. The van der Waals surface area contributed by atoms with Crippen LogP contribution in [-0.2, 0) is 29.9 Å². The Labute approximate surface area is 170 Å². The summed E-state index contributed by atoms with van der Waals surface area (Å²) >= 11 is 0. The molecule has 0 atom stereocenters. The van der Waals surface area contributed by atoms with Crippen LogP contribution in [0.1, 0.15) is 38.8 Å². The Balaban J connectivity index is 2.06. The lowest BCUT2D eigenvalue weighted by atomic mass is 9.86. The third-order valence-corrected chi connectivity index (χ3v) is 4.71. The van der Waals surface area contributed by atoms with Gasteiger partial charge in [0.05, 0.1) is 37.4 Å². The van der Waals surface area contributed by atoms with E-state index < -0.39 is 10.8 Å². The van der Waals surface area contributed by atoms with Crippen LogP contribution in [0.5, 0.6) is 11.5 Å². The number of hydrogen-bond acceptors (Lipinski definition) is 8. The number of carbonyl (C=O) groups excluding carboxylic acids is 2. The topological polar surface area (TPSA) is 96.8 Å². The molecule has 8 nitrogen and oxygen atoms in total. The van der Waals surface area contributed by atoms with Gasteiger partial charge >= 0.3 is 19.6 Å². The van der Waals surface area contributed by atoms with Gasteiger partial charge in [-0.15, -0.1) is 0 Å². The van der Waals surface area contributed by atoms with Crippen molar-refractivity contribution >= 4 is 19.6 Å². The summed E-state index contributed by atoms with van der Waals surface area (Å²) in [6.45, 7) is 6.99. The first kappa shape index (κ1) is 22.2. The first-order valence-electron chi connectivity index (χ1n) is 8.96. The Hall–Kier alpha value is -3.10. The van der Waals surface area contributed by atoms with Crippen molar-refractivity contribution in [2.24, 2.45) is 0 Å². The van der Waals surface area contributed by atoms with E-state index in [-0.39, 0.29) is 19.6 Å². The zero-order valence-electron chi connectivity index (χ0n) is 17.5. The van der Waals surface area contributed by atoms with Crippen LogP contribution in [0.3, 0.4) is 0 Å². The molecule has 2 aromatic rings. The van der Waals surface area contributed by atoms with Gasteiger partial charge in [-0.3, -0.25) is 19.6 Å². The van der Waals surface area contributed by atoms with Gasteiger partial charge in [-0.05, 0) is 51.0 Å². The van der Waals surface area contributed by atoms with Crippen LogP contribution in [0.25, 0.3) is 0 Å². The fraction of sp³-hybridized carbons (Fsp3) is 0.400. The van der Waals surface area contributed by atoms with Crippen molar-refractivity contribution in [1.82, 2.24) is 9.97 Å². The fourth-order valence-electron chi connectivity index (χ4n) is 2.59. The molecule has 154 valence electrons. The van der Waals surface area contributed by atoms with E-state index in [9.17, 15) is 9.59 Å². The molecule has 2 aromatic heterocycles. The summed E-state index contributed by atoms with van der Waals surface area (Å²) in [4.78, 5) is 32.2.